The van der Waals surface area contributed by atoms with Crippen molar-refractivity contribution in [2.24, 2.45) is 0 Å². The number of amides is 2. The lowest BCUT2D eigenvalue weighted by molar-refractivity contribution is -0.147. The molecule has 0 saturated carbocycles. The smallest absolute Gasteiger partial charge is 0.325 e. The molecule has 2 aromatic rings. The Morgan fingerprint density at radius 2 is 1.85 bits per heavy atom. The van der Waals surface area contributed by atoms with Crippen LogP contribution in [0.5, 0.6) is 5.75 Å². The molecule has 0 atom stereocenters. The van der Waals surface area contributed by atoms with Gasteiger partial charge in [-0.15, -0.1) is 11.3 Å². The van der Waals surface area contributed by atoms with Crippen molar-refractivity contribution in [3.8, 4) is 5.75 Å². The molecule has 0 saturated heterocycles. The Balaban J connectivity index is 1.61. The van der Waals surface area contributed by atoms with Crippen molar-refractivity contribution in [1.29, 1.82) is 0 Å². The lowest BCUT2D eigenvalue weighted by atomic mass is 10.2. The molecule has 0 aliphatic heterocycles. The van der Waals surface area contributed by atoms with Gasteiger partial charge in [0, 0.05) is 17.0 Å². The van der Waals surface area contributed by atoms with Gasteiger partial charge in [-0.25, -0.2) is 0 Å². The van der Waals surface area contributed by atoms with Crippen LogP contribution in [-0.4, -0.2) is 44.1 Å². The first kappa shape index (κ1) is 20.4. The van der Waals surface area contributed by atoms with Crippen molar-refractivity contribution in [2.75, 3.05) is 26.3 Å². The van der Waals surface area contributed by atoms with E-state index in [1.807, 2.05) is 24.4 Å². The van der Waals surface area contributed by atoms with Gasteiger partial charge in [-0.05, 0) is 49.1 Å². The topological polar surface area (TPSA) is 93.7 Å². The van der Waals surface area contributed by atoms with Gasteiger partial charge in [0.15, 0.2) is 6.61 Å². The molecule has 0 spiro atoms. The summed E-state index contributed by atoms with van der Waals surface area (Å²) < 4.78 is 10.1. The molecule has 0 aliphatic rings. The minimum Gasteiger partial charge on any atom is -0.494 e. The molecule has 0 unspecified atom stereocenters. The molecule has 8 heteroatoms. The molecule has 1 heterocycles. The van der Waals surface area contributed by atoms with Gasteiger partial charge in [0.1, 0.15) is 12.3 Å². The van der Waals surface area contributed by atoms with Crippen molar-refractivity contribution in [2.45, 2.75) is 13.3 Å². The number of nitrogens with one attached hydrogen (secondary N) is 2. The third kappa shape index (κ3) is 7.49. The molecule has 0 aliphatic carbocycles. The van der Waals surface area contributed by atoms with Crippen LogP contribution in [0.25, 0.3) is 0 Å². The number of hydrogen-bond donors (Lipinski definition) is 2. The fourth-order valence-corrected chi connectivity index (χ4v) is 2.86. The Kier molecular flexibility index (Phi) is 8.31. The summed E-state index contributed by atoms with van der Waals surface area (Å²) in [5, 5.41) is 7.10. The maximum Gasteiger partial charge on any atom is 0.325 e. The van der Waals surface area contributed by atoms with Crippen molar-refractivity contribution in [3.63, 3.8) is 0 Å². The summed E-state index contributed by atoms with van der Waals surface area (Å²) >= 11 is 1.62. The highest BCUT2D eigenvalue weighted by Crippen LogP contribution is 2.11. The number of carbonyl (C=O) groups excluding carboxylic acids is 3. The fourth-order valence-electron chi connectivity index (χ4n) is 2.15. The van der Waals surface area contributed by atoms with E-state index in [0.29, 0.717) is 24.5 Å². The predicted molar refractivity (Wildman–Crippen MR) is 102 cm³/mol. The van der Waals surface area contributed by atoms with Gasteiger partial charge < -0.3 is 20.1 Å². The number of rotatable bonds is 10. The Morgan fingerprint density at radius 1 is 1.07 bits per heavy atom. The van der Waals surface area contributed by atoms with Gasteiger partial charge >= 0.3 is 5.97 Å². The van der Waals surface area contributed by atoms with E-state index in [1.165, 1.54) is 4.88 Å². The Bertz CT molecular complexity index is 744. The first-order valence-corrected chi connectivity index (χ1v) is 9.42. The third-order valence-electron chi connectivity index (χ3n) is 3.46. The second-order valence-corrected chi connectivity index (χ2v) is 6.51. The fraction of sp³-hybridized carbons (Fsp3) is 0.316. The molecule has 7 nitrogen and oxygen atoms in total. The van der Waals surface area contributed by atoms with E-state index in [1.54, 1.807) is 35.6 Å². The summed E-state index contributed by atoms with van der Waals surface area (Å²) in [5.74, 6) is -0.797. The van der Waals surface area contributed by atoms with E-state index < -0.39 is 11.9 Å². The summed E-state index contributed by atoms with van der Waals surface area (Å²) in [7, 11) is 0. The molecule has 0 radical (unpaired) electrons. The Labute approximate surface area is 161 Å². The number of carbonyl (C=O) groups is 3. The summed E-state index contributed by atoms with van der Waals surface area (Å²) in [5.41, 5.74) is 0.401. The van der Waals surface area contributed by atoms with E-state index in [9.17, 15) is 14.4 Å². The molecule has 27 heavy (non-hydrogen) atoms. The summed E-state index contributed by atoms with van der Waals surface area (Å²) in [6.45, 7) is 2.21. The minimum atomic E-state index is -0.678. The summed E-state index contributed by atoms with van der Waals surface area (Å²) in [6.07, 6.45) is 0.732. The molecule has 2 amide bonds. The second kappa shape index (κ2) is 11.0. The summed E-state index contributed by atoms with van der Waals surface area (Å²) in [4.78, 5) is 36.4. The van der Waals surface area contributed by atoms with E-state index in [2.05, 4.69) is 10.6 Å². The molecular weight excluding hydrogens is 368 g/mol. The van der Waals surface area contributed by atoms with Crippen LogP contribution in [0.3, 0.4) is 0 Å². The number of thiophene rings is 1. The molecule has 0 fully saturated rings. The first-order chi connectivity index (χ1) is 13.1. The first-order valence-electron chi connectivity index (χ1n) is 8.54. The van der Waals surface area contributed by atoms with Gasteiger partial charge in [0.25, 0.3) is 11.8 Å². The predicted octanol–water partition coefficient (Wildman–Crippen LogP) is 1.78. The van der Waals surface area contributed by atoms with Gasteiger partial charge in [-0.3, -0.25) is 14.4 Å². The zero-order valence-electron chi connectivity index (χ0n) is 15.0. The van der Waals surface area contributed by atoms with Gasteiger partial charge in [0.05, 0.1) is 6.61 Å². The summed E-state index contributed by atoms with van der Waals surface area (Å²) in [6, 6.07) is 10.5. The largest absolute Gasteiger partial charge is 0.494 e. The molecule has 1 aromatic carbocycles. The van der Waals surface area contributed by atoms with E-state index in [4.69, 9.17) is 9.47 Å². The standard InChI is InChI=1S/C19H22N2O5S/c1-2-25-15-7-5-14(6-8-15)19(24)21-12-18(23)26-13-17(22)20-10-9-16-4-3-11-27-16/h3-8,11H,2,9-10,12-13H2,1H3,(H,20,22)(H,21,24). The molecule has 2 N–H and O–H groups in total. The number of ether oxygens (including phenoxy) is 2. The molecule has 144 valence electrons. The quantitative estimate of drug-likeness (QED) is 0.603. The normalized spacial score (nSPS) is 10.1. The van der Waals surface area contributed by atoms with Crippen LogP contribution >= 0.6 is 11.3 Å². The van der Waals surface area contributed by atoms with Crippen LogP contribution in [0.4, 0.5) is 0 Å². The maximum absolute atomic E-state index is 12.0. The van der Waals surface area contributed by atoms with Gasteiger partial charge in [0.2, 0.25) is 0 Å². The average Bonchev–Trinajstić information content (AvgIpc) is 3.19. The SMILES string of the molecule is CCOc1ccc(C(=O)NCC(=O)OCC(=O)NCCc2cccs2)cc1. The zero-order chi connectivity index (χ0) is 19.5. The second-order valence-electron chi connectivity index (χ2n) is 5.48. The van der Waals surface area contributed by atoms with Crippen molar-refractivity contribution in [1.82, 2.24) is 10.6 Å². The highest BCUT2D eigenvalue weighted by atomic mass is 32.1. The highest BCUT2D eigenvalue weighted by molar-refractivity contribution is 7.09. The highest BCUT2D eigenvalue weighted by Gasteiger charge is 2.11. The maximum atomic E-state index is 12.0. The van der Waals surface area contributed by atoms with Crippen molar-refractivity contribution < 1.29 is 23.9 Å². The average molecular weight is 390 g/mol. The molecule has 2 rings (SSSR count). The zero-order valence-corrected chi connectivity index (χ0v) is 15.8. The van der Waals surface area contributed by atoms with Crippen molar-refractivity contribution >= 4 is 29.1 Å². The lowest BCUT2D eigenvalue weighted by Gasteiger charge is -2.08. The molecule has 0 bridgehead atoms. The molecule has 1 aromatic heterocycles. The van der Waals surface area contributed by atoms with Crippen LogP contribution in [0.15, 0.2) is 41.8 Å². The van der Waals surface area contributed by atoms with E-state index in [-0.39, 0.29) is 19.1 Å². The van der Waals surface area contributed by atoms with Crippen LogP contribution in [-0.2, 0) is 20.7 Å². The lowest BCUT2D eigenvalue weighted by Crippen LogP contribution is -2.34. The van der Waals surface area contributed by atoms with Crippen LogP contribution in [0.1, 0.15) is 22.2 Å². The Hall–Kier alpha value is -2.87. The molecular formula is C19H22N2O5S. The minimum absolute atomic E-state index is 0.311. The van der Waals surface area contributed by atoms with Gasteiger partial charge in [-0.1, -0.05) is 6.07 Å². The van der Waals surface area contributed by atoms with E-state index in [0.717, 1.165) is 6.42 Å². The number of esters is 1. The monoisotopic (exact) mass is 390 g/mol. The number of benzene rings is 1. The van der Waals surface area contributed by atoms with Gasteiger partial charge in [-0.2, -0.15) is 0 Å². The van der Waals surface area contributed by atoms with Crippen LogP contribution in [0.2, 0.25) is 0 Å². The van der Waals surface area contributed by atoms with Crippen molar-refractivity contribution in [3.05, 3.63) is 52.2 Å². The van der Waals surface area contributed by atoms with Crippen LogP contribution < -0.4 is 15.4 Å². The number of hydrogen-bond acceptors (Lipinski definition) is 6. The van der Waals surface area contributed by atoms with E-state index >= 15 is 0 Å². The Morgan fingerprint density at radius 3 is 2.52 bits per heavy atom. The third-order valence-corrected chi connectivity index (χ3v) is 4.39. The van der Waals surface area contributed by atoms with Crippen LogP contribution in [0, 0.1) is 0 Å².